The van der Waals surface area contributed by atoms with Crippen molar-refractivity contribution >= 4 is 27.3 Å². The first-order valence-corrected chi connectivity index (χ1v) is 10.8. The second kappa shape index (κ2) is 8.45. The van der Waals surface area contributed by atoms with Crippen molar-refractivity contribution in [3.8, 4) is 11.1 Å². The summed E-state index contributed by atoms with van der Waals surface area (Å²) in [4.78, 5) is 12.9. The minimum atomic E-state index is -3.78. The summed E-state index contributed by atoms with van der Waals surface area (Å²) in [5.74, 6) is -0.987. The molecule has 0 unspecified atom stereocenters. The molecule has 0 saturated heterocycles. The fourth-order valence-electron chi connectivity index (χ4n) is 3.10. The molecule has 150 valence electrons. The largest absolute Gasteiger partial charge is 0.324 e. The summed E-state index contributed by atoms with van der Waals surface area (Å²) in [6, 6.07) is 20.8. The number of carbonyl (C=O) groups is 1. The lowest BCUT2D eigenvalue weighted by Crippen LogP contribution is -2.45. The van der Waals surface area contributed by atoms with Gasteiger partial charge in [-0.15, -0.1) is 0 Å². The SMILES string of the molecule is C[C@@H](C(=O)Nc1ccccc1-c1ccccc1)N(c1ccc(F)cc1)S(C)(=O)=O. The Kier molecular flexibility index (Phi) is 5.98. The van der Waals surface area contributed by atoms with Gasteiger partial charge in [-0.1, -0.05) is 48.5 Å². The molecule has 0 aromatic heterocycles. The minimum absolute atomic E-state index is 0.216. The predicted molar refractivity (Wildman–Crippen MR) is 114 cm³/mol. The van der Waals surface area contributed by atoms with Crippen LogP contribution in [-0.4, -0.2) is 26.6 Å². The van der Waals surface area contributed by atoms with Crippen LogP contribution in [0.1, 0.15) is 6.92 Å². The lowest BCUT2D eigenvalue weighted by molar-refractivity contribution is -0.116. The maximum atomic E-state index is 13.3. The van der Waals surface area contributed by atoms with Crippen LogP contribution in [-0.2, 0) is 14.8 Å². The molecule has 0 aliphatic rings. The average molecular weight is 412 g/mol. The van der Waals surface area contributed by atoms with Crippen molar-refractivity contribution < 1.29 is 17.6 Å². The maximum Gasteiger partial charge on any atom is 0.248 e. The van der Waals surface area contributed by atoms with Gasteiger partial charge in [0.25, 0.3) is 0 Å². The summed E-state index contributed by atoms with van der Waals surface area (Å²) >= 11 is 0. The summed E-state index contributed by atoms with van der Waals surface area (Å²) in [6.45, 7) is 1.49. The number of nitrogens with zero attached hydrogens (tertiary/aromatic N) is 1. The van der Waals surface area contributed by atoms with Crippen LogP contribution in [0.2, 0.25) is 0 Å². The van der Waals surface area contributed by atoms with Gasteiger partial charge in [-0.05, 0) is 42.8 Å². The summed E-state index contributed by atoms with van der Waals surface area (Å²) in [6.07, 6.45) is 1.01. The van der Waals surface area contributed by atoms with Crippen molar-refractivity contribution in [2.24, 2.45) is 0 Å². The Balaban J connectivity index is 1.91. The number of carbonyl (C=O) groups excluding carboxylic acids is 1. The molecular formula is C22H21FN2O3S. The molecule has 0 heterocycles. The third-order valence-corrected chi connectivity index (χ3v) is 5.68. The smallest absolute Gasteiger partial charge is 0.248 e. The van der Waals surface area contributed by atoms with Crippen molar-refractivity contribution in [1.29, 1.82) is 0 Å². The molecule has 5 nitrogen and oxygen atoms in total. The monoisotopic (exact) mass is 412 g/mol. The van der Waals surface area contributed by atoms with Crippen molar-refractivity contribution in [1.82, 2.24) is 0 Å². The predicted octanol–water partition coefficient (Wildman–Crippen LogP) is 4.29. The van der Waals surface area contributed by atoms with Crippen LogP contribution in [0.4, 0.5) is 15.8 Å². The van der Waals surface area contributed by atoms with Gasteiger partial charge in [0.1, 0.15) is 11.9 Å². The van der Waals surface area contributed by atoms with E-state index < -0.39 is 27.8 Å². The van der Waals surface area contributed by atoms with Crippen LogP contribution in [0.3, 0.4) is 0 Å². The van der Waals surface area contributed by atoms with Gasteiger partial charge in [0.2, 0.25) is 15.9 Å². The number of halogens is 1. The van der Waals surface area contributed by atoms with Gasteiger partial charge in [0, 0.05) is 11.3 Å². The number of rotatable bonds is 6. The molecule has 0 aliphatic carbocycles. The Morgan fingerprint density at radius 1 is 0.931 bits per heavy atom. The molecule has 0 fully saturated rings. The number of para-hydroxylation sites is 1. The molecular weight excluding hydrogens is 391 g/mol. The van der Waals surface area contributed by atoms with E-state index in [1.807, 2.05) is 42.5 Å². The molecule has 1 atom stereocenters. The Morgan fingerprint density at radius 3 is 2.14 bits per heavy atom. The highest BCUT2D eigenvalue weighted by atomic mass is 32.2. The molecule has 0 radical (unpaired) electrons. The van der Waals surface area contributed by atoms with Crippen molar-refractivity contribution in [3.63, 3.8) is 0 Å². The Morgan fingerprint density at radius 2 is 1.52 bits per heavy atom. The van der Waals surface area contributed by atoms with Gasteiger partial charge in [0.15, 0.2) is 0 Å². The van der Waals surface area contributed by atoms with E-state index in [4.69, 9.17) is 0 Å². The molecule has 7 heteroatoms. The molecule has 0 aliphatic heterocycles. The number of amides is 1. The van der Waals surface area contributed by atoms with Gasteiger partial charge in [0.05, 0.1) is 11.9 Å². The van der Waals surface area contributed by atoms with E-state index in [9.17, 15) is 17.6 Å². The number of nitrogens with one attached hydrogen (secondary N) is 1. The van der Waals surface area contributed by atoms with Crippen LogP contribution >= 0.6 is 0 Å². The van der Waals surface area contributed by atoms with Gasteiger partial charge in [-0.3, -0.25) is 9.10 Å². The van der Waals surface area contributed by atoms with E-state index >= 15 is 0 Å². The van der Waals surface area contributed by atoms with E-state index in [1.54, 1.807) is 12.1 Å². The van der Waals surface area contributed by atoms with E-state index in [-0.39, 0.29) is 5.69 Å². The standard InChI is InChI=1S/C22H21FN2O3S/c1-16(25(29(2,27)28)19-14-12-18(23)13-15-19)22(26)24-21-11-7-6-10-20(21)17-8-4-3-5-9-17/h3-16H,1-2H3,(H,24,26)/t16-/m0/s1. The molecule has 1 amide bonds. The summed E-state index contributed by atoms with van der Waals surface area (Å²) in [7, 11) is -3.78. The Labute approximate surface area is 169 Å². The molecule has 0 saturated carbocycles. The number of hydrogen-bond donors (Lipinski definition) is 1. The topological polar surface area (TPSA) is 66.5 Å². The highest BCUT2D eigenvalue weighted by Gasteiger charge is 2.29. The quantitative estimate of drug-likeness (QED) is 0.657. The van der Waals surface area contributed by atoms with Crippen LogP contribution in [0.25, 0.3) is 11.1 Å². The first kappa shape index (κ1) is 20.5. The van der Waals surface area contributed by atoms with Gasteiger partial charge >= 0.3 is 0 Å². The zero-order valence-electron chi connectivity index (χ0n) is 16.0. The Hall–Kier alpha value is -3.19. The maximum absolute atomic E-state index is 13.3. The minimum Gasteiger partial charge on any atom is -0.324 e. The van der Waals surface area contributed by atoms with Crippen molar-refractivity contribution in [2.75, 3.05) is 15.9 Å². The lowest BCUT2D eigenvalue weighted by Gasteiger charge is -2.28. The molecule has 3 rings (SSSR count). The third-order valence-electron chi connectivity index (χ3n) is 4.44. The second-order valence-electron chi connectivity index (χ2n) is 6.61. The highest BCUT2D eigenvalue weighted by Crippen LogP contribution is 2.28. The van der Waals surface area contributed by atoms with Crippen LogP contribution in [0.15, 0.2) is 78.9 Å². The van der Waals surface area contributed by atoms with Gasteiger partial charge in [-0.2, -0.15) is 0 Å². The summed E-state index contributed by atoms with van der Waals surface area (Å²) in [5.41, 5.74) is 2.53. The van der Waals surface area contributed by atoms with E-state index in [2.05, 4.69) is 5.32 Å². The number of hydrogen-bond acceptors (Lipinski definition) is 3. The fraction of sp³-hybridized carbons (Fsp3) is 0.136. The molecule has 0 bridgehead atoms. The molecule has 29 heavy (non-hydrogen) atoms. The highest BCUT2D eigenvalue weighted by molar-refractivity contribution is 7.92. The summed E-state index contributed by atoms with van der Waals surface area (Å²) in [5, 5.41) is 2.82. The van der Waals surface area contributed by atoms with Crippen molar-refractivity contribution in [3.05, 3.63) is 84.7 Å². The van der Waals surface area contributed by atoms with Crippen LogP contribution in [0, 0.1) is 5.82 Å². The van der Waals surface area contributed by atoms with Gasteiger partial charge in [-0.25, -0.2) is 12.8 Å². The zero-order chi connectivity index (χ0) is 21.0. The number of benzene rings is 3. The normalized spacial score (nSPS) is 12.2. The van der Waals surface area contributed by atoms with Crippen molar-refractivity contribution in [2.45, 2.75) is 13.0 Å². The third kappa shape index (κ3) is 4.81. The van der Waals surface area contributed by atoms with Crippen LogP contribution in [0.5, 0.6) is 0 Å². The first-order chi connectivity index (χ1) is 13.8. The molecule has 0 spiro atoms. The van der Waals surface area contributed by atoms with E-state index in [0.29, 0.717) is 5.69 Å². The second-order valence-corrected chi connectivity index (χ2v) is 8.47. The van der Waals surface area contributed by atoms with Crippen LogP contribution < -0.4 is 9.62 Å². The number of sulfonamides is 1. The Bertz CT molecular complexity index is 1100. The zero-order valence-corrected chi connectivity index (χ0v) is 16.9. The van der Waals surface area contributed by atoms with Gasteiger partial charge < -0.3 is 5.32 Å². The molecule has 3 aromatic carbocycles. The number of anilines is 2. The first-order valence-electron chi connectivity index (χ1n) is 8.97. The average Bonchev–Trinajstić information content (AvgIpc) is 2.69. The fourth-order valence-corrected chi connectivity index (χ4v) is 4.27. The summed E-state index contributed by atoms with van der Waals surface area (Å²) < 4.78 is 38.9. The van der Waals surface area contributed by atoms with E-state index in [0.717, 1.165) is 33.8 Å². The van der Waals surface area contributed by atoms with E-state index in [1.165, 1.54) is 19.1 Å². The lowest BCUT2D eigenvalue weighted by atomic mass is 10.0. The molecule has 3 aromatic rings. The molecule has 1 N–H and O–H groups in total.